The van der Waals surface area contributed by atoms with Crippen LogP contribution in [0.25, 0.3) is 0 Å². The summed E-state index contributed by atoms with van der Waals surface area (Å²) in [5, 5.41) is 21.9. The molecule has 2 aromatic carbocycles. The molecule has 0 bridgehead atoms. The van der Waals surface area contributed by atoms with Crippen molar-refractivity contribution in [1.29, 1.82) is 0 Å². The summed E-state index contributed by atoms with van der Waals surface area (Å²) in [6.07, 6.45) is 1.38. The van der Waals surface area contributed by atoms with Gasteiger partial charge in [0, 0.05) is 19.0 Å². The number of nitro groups is 2. The Morgan fingerprint density at radius 3 is 2.42 bits per heavy atom. The van der Waals surface area contributed by atoms with Crippen LogP contribution in [0.2, 0.25) is 0 Å². The Bertz CT molecular complexity index is 808. The first-order valence-electron chi connectivity index (χ1n) is 8.03. The van der Waals surface area contributed by atoms with Gasteiger partial charge in [0.05, 0.1) is 15.9 Å². The maximum absolute atomic E-state index is 11.1. The van der Waals surface area contributed by atoms with Crippen LogP contribution in [-0.2, 0) is 6.42 Å². The molecule has 0 atom stereocenters. The molecule has 2 N–H and O–H groups in total. The minimum Gasteiger partial charge on any atom is -0.294 e. The van der Waals surface area contributed by atoms with Crippen LogP contribution in [0.15, 0.2) is 53.5 Å². The van der Waals surface area contributed by atoms with Crippen LogP contribution in [0, 0.1) is 20.2 Å². The molecule has 0 saturated carbocycles. The predicted molar refractivity (Wildman–Crippen MR) is 99.2 cm³/mol. The molecule has 26 heavy (non-hydrogen) atoms. The number of hydrogen-bond acceptors (Lipinski definition) is 6. The van der Waals surface area contributed by atoms with E-state index in [0.29, 0.717) is 18.8 Å². The third-order valence-electron chi connectivity index (χ3n) is 3.61. The molecule has 2 aromatic rings. The quantitative estimate of drug-likeness (QED) is 0.323. The lowest BCUT2D eigenvalue weighted by Crippen LogP contribution is -2.29. The van der Waals surface area contributed by atoms with Gasteiger partial charge in [-0.15, -0.1) is 0 Å². The summed E-state index contributed by atoms with van der Waals surface area (Å²) >= 11 is 0. The molecule has 9 nitrogen and oxygen atoms in total. The largest absolute Gasteiger partial charge is 0.300 e. The molecule has 0 aliphatic heterocycles. The third-order valence-corrected chi connectivity index (χ3v) is 3.61. The maximum Gasteiger partial charge on any atom is 0.300 e. The van der Waals surface area contributed by atoms with E-state index in [1.807, 2.05) is 37.3 Å². The molecule has 0 unspecified atom stereocenters. The zero-order valence-electron chi connectivity index (χ0n) is 14.2. The van der Waals surface area contributed by atoms with Gasteiger partial charge in [-0.2, -0.15) is 0 Å². The van der Waals surface area contributed by atoms with Crippen molar-refractivity contribution < 1.29 is 9.85 Å². The molecule has 0 fully saturated rings. The van der Waals surface area contributed by atoms with Crippen LogP contribution >= 0.6 is 0 Å². The van der Waals surface area contributed by atoms with Crippen LogP contribution in [-0.4, -0.2) is 22.2 Å². The minimum atomic E-state index is -0.674. The number of hydrazine groups is 1. The van der Waals surface area contributed by atoms with Crippen molar-refractivity contribution in [2.45, 2.75) is 19.8 Å². The number of hydrogen-bond donors (Lipinski definition) is 2. The topological polar surface area (TPSA) is 123 Å². The molecule has 0 aliphatic rings. The van der Waals surface area contributed by atoms with Crippen LogP contribution < -0.4 is 10.9 Å². The summed E-state index contributed by atoms with van der Waals surface area (Å²) in [4.78, 5) is 25.0. The zero-order chi connectivity index (χ0) is 18.9. The lowest BCUT2D eigenvalue weighted by atomic mass is 10.2. The SMILES string of the molecule is CCC(=NCCc1ccccc1)NNc1ccc([N+](=O)[O-])cc1[N+](=O)[O-]. The number of amidine groups is 1. The van der Waals surface area contributed by atoms with Crippen LogP contribution in [0.4, 0.5) is 17.1 Å². The summed E-state index contributed by atoms with van der Waals surface area (Å²) in [6.45, 7) is 2.48. The molecule has 0 spiro atoms. The van der Waals surface area contributed by atoms with E-state index in [4.69, 9.17) is 0 Å². The molecule has 0 aromatic heterocycles. The van der Waals surface area contributed by atoms with Gasteiger partial charge in [0.2, 0.25) is 0 Å². The first kappa shape index (κ1) is 18.8. The van der Waals surface area contributed by atoms with Crippen molar-refractivity contribution in [1.82, 2.24) is 5.43 Å². The second kappa shape index (κ2) is 9.11. The molecule has 9 heteroatoms. The fraction of sp³-hybridized carbons (Fsp3) is 0.235. The van der Waals surface area contributed by atoms with Gasteiger partial charge in [0.1, 0.15) is 11.5 Å². The van der Waals surface area contributed by atoms with Crippen LogP contribution in [0.5, 0.6) is 0 Å². The molecule has 0 heterocycles. The van der Waals surface area contributed by atoms with Crippen molar-refractivity contribution in [3.63, 3.8) is 0 Å². The number of rotatable bonds is 8. The van der Waals surface area contributed by atoms with Gasteiger partial charge in [-0.25, -0.2) is 0 Å². The fourth-order valence-electron chi connectivity index (χ4n) is 2.23. The summed E-state index contributed by atoms with van der Waals surface area (Å²) < 4.78 is 0. The standard InChI is InChI=1S/C17H19N5O4/c1-2-17(18-11-10-13-6-4-3-5-7-13)20-19-15-9-8-14(21(23)24)12-16(15)22(25)26/h3-9,12,19H,2,10-11H2,1H3,(H,18,20). The molecule has 0 radical (unpaired) electrons. The highest BCUT2D eigenvalue weighted by molar-refractivity contribution is 5.83. The Labute approximate surface area is 150 Å². The van der Waals surface area contributed by atoms with Gasteiger partial charge in [-0.05, 0) is 18.1 Å². The normalized spacial score (nSPS) is 11.0. The molecule has 2 rings (SSSR count). The van der Waals surface area contributed by atoms with Crippen LogP contribution in [0.1, 0.15) is 18.9 Å². The van der Waals surface area contributed by atoms with Crippen molar-refractivity contribution in [3.05, 3.63) is 74.3 Å². The number of nitrogens with zero attached hydrogens (tertiary/aromatic N) is 3. The summed E-state index contributed by atoms with van der Waals surface area (Å²) in [5.74, 6) is 0.633. The van der Waals surface area contributed by atoms with Gasteiger partial charge < -0.3 is 0 Å². The second-order valence-corrected chi connectivity index (χ2v) is 5.38. The van der Waals surface area contributed by atoms with E-state index < -0.39 is 9.85 Å². The number of benzene rings is 2. The summed E-state index contributed by atoms with van der Waals surface area (Å²) in [6, 6.07) is 13.3. The lowest BCUT2D eigenvalue weighted by molar-refractivity contribution is -0.393. The van der Waals surface area contributed by atoms with E-state index in [0.717, 1.165) is 12.5 Å². The zero-order valence-corrected chi connectivity index (χ0v) is 14.2. The smallest absolute Gasteiger partial charge is 0.294 e. The Kier molecular flexibility index (Phi) is 6.60. The van der Waals surface area contributed by atoms with E-state index >= 15 is 0 Å². The van der Waals surface area contributed by atoms with E-state index in [1.165, 1.54) is 17.7 Å². The second-order valence-electron chi connectivity index (χ2n) is 5.38. The lowest BCUT2D eigenvalue weighted by Gasteiger charge is -2.11. The van der Waals surface area contributed by atoms with Crippen molar-refractivity contribution >= 4 is 22.9 Å². The predicted octanol–water partition coefficient (Wildman–Crippen LogP) is 3.47. The summed E-state index contributed by atoms with van der Waals surface area (Å²) in [5.41, 5.74) is 6.14. The number of non-ortho nitro benzene ring substituents is 1. The van der Waals surface area contributed by atoms with E-state index in [-0.39, 0.29) is 17.1 Å². The highest BCUT2D eigenvalue weighted by atomic mass is 16.6. The highest BCUT2D eigenvalue weighted by Crippen LogP contribution is 2.28. The van der Waals surface area contributed by atoms with Crippen molar-refractivity contribution in [2.75, 3.05) is 12.0 Å². The number of aliphatic imine (C=N–C) groups is 1. The first-order chi connectivity index (χ1) is 12.5. The Hall–Kier alpha value is -3.49. The fourth-order valence-corrected chi connectivity index (χ4v) is 2.23. The monoisotopic (exact) mass is 357 g/mol. The number of nitro benzene ring substituents is 2. The van der Waals surface area contributed by atoms with E-state index in [9.17, 15) is 20.2 Å². The number of anilines is 1. The molecular weight excluding hydrogens is 338 g/mol. The maximum atomic E-state index is 11.1. The molecule has 0 amide bonds. The van der Waals surface area contributed by atoms with Crippen molar-refractivity contribution in [3.8, 4) is 0 Å². The van der Waals surface area contributed by atoms with Gasteiger partial charge in [-0.1, -0.05) is 37.3 Å². The van der Waals surface area contributed by atoms with E-state index in [1.54, 1.807) is 0 Å². The minimum absolute atomic E-state index is 0.129. The highest BCUT2D eigenvalue weighted by Gasteiger charge is 2.19. The average Bonchev–Trinajstić information content (AvgIpc) is 2.65. The molecule has 0 aliphatic carbocycles. The summed E-state index contributed by atoms with van der Waals surface area (Å²) in [7, 11) is 0. The molecule has 136 valence electrons. The van der Waals surface area contributed by atoms with Crippen LogP contribution in [0.3, 0.4) is 0 Å². The third kappa shape index (κ3) is 5.26. The Balaban J connectivity index is 2.02. The average molecular weight is 357 g/mol. The molecular formula is C17H19N5O4. The van der Waals surface area contributed by atoms with Gasteiger partial charge in [0.15, 0.2) is 0 Å². The van der Waals surface area contributed by atoms with Crippen molar-refractivity contribution in [2.24, 2.45) is 4.99 Å². The Morgan fingerprint density at radius 2 is 1.81 bits per heavy atom. The van der Waals surface area contributed by atoms with Gasteiger partial charge in [0.25, 0.3) is 5.69 Å². The Morgan fingerprint density at radius 1 is 1.08 bits per heavy atom. The van der Waals surface area contributed by atoms with Gasteiger partial charge in [-0.3, -0.25) is 36.1 Å². The number of nitrogens with one attached hydrogen (secondary N) is 2. The molecule has 0 saturated heterocycles. The van der Waals surface area contributed by atoms with E-state index in [2.05, 4.69) is 15.8 Å². The first-order valence-corrected chi connectivity index (χ1v) is 8.03. The van der Waals surface area contributed by atoms with Gasteiger partial charge >= 0.3 is 5.69 Å².